The molecule has 0 heterocycles. The largest absolute Gasteiger partial charge is 0.326 e. The summed E-state index contributed by atoms with van der Waals surface area (Å²) in [6.07, 6.45) is 0.112. The van der Waals surface area contributed by atoms with E-state index in [4.69, 9.17) is 11.6 Å². The second-order valence-corrected chi connectivity index (χ2v) is 4.98. The summed E-state index contributed by atoms with van der Waals surface area (Å²) >= 11 is 5.99. The average molecular weight is 305 g/mol. The highest BCUT2D eigenvalue weighted by Gasteiger charge is 2.13. The van der Waals surface area contributed by atoms with Crippen LogP contribution in [0.3, 0.4) is 0 Å². The molecule has 0 saturated carbocycles. The number of benzene rings is 2. The van der Waals surface area contributed by atoms with Gasteiger partial charge in [-0.2, -0.15) is 0 Å². The van der Waals surface area contributed by atoms with E-state index in [0.29, 0.717) is 21.8 Å². The van der Waals surface area contributed by atoms with Crippen molar-refractivity contribution in [3.63, 3.8) is 0 Å². The third-order valence-corrected chi connectivity index (χ3v) is 3.37. The van der Waals surface area contributed by atoms with Crippen molar-refractivity contribution in [2.45, 2.75) is 13.3 Å². The van der Waals surface area contributed by atoms with E-state index in [1.54, 1.807) is 43.3 Å². The first kappa shape index (κ1) is 15.0. The molecule has 0 bridgehead atoms. The van der Waals surface area contributed by atoms with Crippen molar-refractivity contribution in [3.05, 3.63) is 68.7 Å². The maximum atomic E-state index is 12.0. The fourth-order valence-electron chi connectivity index (χ4n) is 1.90. The molecule has 0 aliphatic rings. The number of anilines is 1. The molecule has 0 aliphatic heterocycles. The number of nitrogens with one attached hydrogen (secondary N) is 1. The van der Waals surface area contributed by atoms with E-state index in [-0.39, 0.29) is 18.0 Å². The van der Waals surface area contributed by atoms with Gasteiger partial charge in [-0.25, -0.2) is 0 Å². The van der Waals surface area contributed by atoms with E-state index >= 15 is 0 Å². The molecule has 0 aromatic heterocycles. The van der Waals surface area contributed by atoms with Crippen molar-refractivity contribution in [2.24, 2.45) is 0 Å². The zero-order chi connectivity index (χ0) is 15.4. The summed E-state index contributed by atoms with van der Waals surface area (Å²) in [6.45, 7) is 1.65. The van der Waals surface area contributed by atoms with Crippen LogP contribution in [0.5, 0.6) is 0 Å². The van der Waals surface area contributed by atoms with Crippen LogP contribution in [-0.2, 0) is 11.2 Å². The van der Waals surface area contributed by atoms with E-state index in [9.17, 15) is 14.9 Å². The number of nitrogens with zero attached hydrogens (tertiary/aromatic N) is 1. The van der Waals surface area contributed by atoms with Crippen molar-refractivity contribution in [2.75, 3.05) is 5.32 Å². The molecule has 0 fully saturated rings. The fraction of sp³-hybridized carbons (Fsp3) is 0.133. The summed E-state index contributed by atoms with van der Waals surface area (Å²) in [5.74, 6) is -0.277. The summed E-state index contributed by atoms with van der Waals surface area (Å²) in [5, 5.41) is 14.0. The molecule has 1 amide bonds. The van der Waals surface area contributed by atoms with Gasteiger partial charge in [-0.05, 0) is 24.6 Å². The summed E-state index contributed by atoms with van der Waals surface area (Å²) in [6, 6.07) is 11.6. The molecule has 0 aliphatic carbocycles. The van der Waals surface area contributed by atoms with E-state index in [0.717, 1.165) is 0 Å². The maximum absolute atomic E-state index is 12.0. The number of hydrogen-bond acceptors (Lipinski definition) is 3. The van der Waals surface area contributed by atoms with Gasteiger partial charge < -0.3 is 5.32 Å². The molecule has 0 radical (unpaired) electrons. The molecule has 5 nitrogen and oxygen atoms in total. The first-order chi connectivity index (χ1) is 9.97. The van der Waals surface area contributed by atoms with Gasteiger partial charge in [0.15, 0.2) is 0 Å². The van der Waals surface area contributed by atoms with E-state index in [2.05, 4.69) is 5.32 Å². The van der Waals surface area contributed by atoms with Crippen molar-refractivity contribution < 1.29 is 9.72 Å². The highest BCUT2D eigenvalue weighted by atomic mass is 35.5. The van der Waals surface area contributed by atoms with Gasteiger partial charge in [-0.3, -0.25) is 14.9 Å². The minimum absolute atomic E-state index is 0.0226. The van der Waals surface area contributed by atoms with Crippen LogP contribution in [0, 0.1) is 17.0 Å². The molecule has 1 N–H and O–H groups in total. The third-order valence-electron chi connectivity index (χ3n) is 3.00. The molecular weight excluding hydrogens is 292 g/mol. The van der Waals surface area contributed by atoms with Crippen LogP contribution in [0.1, 0.15) is 11.1 Å². The molecular formula is C15H13ClN2O3. The van der Waals surface area contributed by atoms with Crippen LogP contribution in [0.15, 0.2) is 42.5 Å². The minimum atomic E-state index is -0.473. The molecule has 2 aromatic rings. The highest BCUT2D eigenvalue weighted by Crippen LogP contribution is 2.23. The van der Waals surface area contributed by atoms with Gasteiger partial charge in [-0.15, -0.1) is 0 Å². The van der Waals surface area contributed by atoms with Crippen molar-refractivity contribution in [3.8, 4) is 0 Å². The Bertz CT molecular complexity index is 701. The zero-order valence-electron chi connectivity index (χ0n) is 11.3. The summed E-state index contributed by atoms with van der Waals surface area (Å²) < 4.78 is 0. The number of rotatable bonds is 4. The van der Waals surface area contributed by atoms with Gasteiger partial charge in [0.25, 0.3) is 5.69 Å². The molecule has 6 heteroatoms. The zero-order valence-corrected chi connectivity index (χ0v) is 12.1. The molecule has 108 valence electrons. The number of halogens is 1. The monoisotopic (exact) mass is 304 g/mol. The molecule has 0 unspecified atom stereocenters. The van der Waals surface area contributed by atoms with Crippen LogP contribution >= 0.6 is 11.6 Å². The lowest BCUT2D eigenvalue weighted by molar-refractivity contribution is -0.385. The predicted molar refractivity (Wildman–Crippen MR) is 81.6 cm³/mol. The Kier molecular flexibility index (Phi) is 4.55. The van der Waals surface area contributed by atoms with Gasteiger partial charge in [0.2, 0.25) is 5.91 Å². The Balaban J connectivity index is 2.12. The minimum Gasteiger partial charge on any atom is -0.326 e. The van der Waals surface area contributed by atoms with Crippen molar-refractivity contribution >= 4 is 28.9 Å². The Hall–Kier alpha value is -2.40. The topological polar surface area (TPSA) is 72.2 Å². The van der Waals surface area contributed by atoms with Gasteiger partial charge >= 0.3 is 0 Å². The summed E-state index contributed by atoms with van der Waals surface area (Å²) in [5.41, 5.74) is 1.62. The van der Waals surface area contributed by atoms with Crippen LogP contribution in [-0.4, -0.2) is 10.8 Å². The normalized spacial score (nSPS) is 10.2. The lowest BCUT2D eigenvalue weighted by Crippen LogP contribution is -2.14. The quantitative estimate of drug-likeness (QED) is 0.691. The van der Waals surface area contributed by atoms with E-state index in [1.165, 1.54) is 6.07 Å². The number of carbonyl (C=O) groups is 1. The highest BCUT2D eigenvalue weighted by molar-refractivity contribution is 6.31. The lowest BCUT2D eigenvalue weighted by Gasteiger charge is -2.07. The van der Waals surface area contributed by atoms with Crippen molar-refractivity contribution in [1.82, 2.24) is 0 Å². The molecule has 21 heavy (non-hydrogen) atoms. The Morgan fingerprint density at radius 3 is 2.67 bits per heavy atom. The molecule has 0 atom stereocenters. The predicted octanol–water partition coefficient (Wildman–Crippen LogP) is 3.74. The van der Waals surface area contributed by atoms with Crippen LogP contribution in [0.2, 0.25) is 5.02 Å². The third kappa shape index (κ3) is 3.79. The average Bonchev–Trinajstić information content (AvgIpc) is 2.43. The summed E-state index contributed by atoms with van der Waals surface area (Å²) in [4.78, 5) is 22.4. The van der Waals surface area contributed by atoms with Gasteiger partial charge in [0.1, 0.15) is 0 Å². The molecule has 0 saturated heterocycles. The number of amides is 1. The van der Waals surface area contributed by atoms with Crippen LogP contribution in [0.4, 0.5) is 11.4 Å². The molecule has 2 aromatic carbocycles. The summed E-state index contributed by atoms with van der Waals surface area (Å²) in [7, 11) is 0. The number of nitro groups is 1. The fourth-order valence-corrected chi connectivity index (χ4v) is 2.11. The van der Waals surface area contributed by atoms with Gasteiger partial charge in [-0.1, -0.05) is 35.9 Å². The first-order valence-corrected chi connectivity index (χ1v) is 6.63. The number of nitro benzene ring substituents is 1. The number of aryl methyl sites for hydroxylation is 1. The molecule has 0 spiro atoms. The lowest BCUT2D eigenvalue weighted by atomic mass is 10.1. The van der Waals surface area contributed by atoms with Crippen LogP contribution in [0.25, 0.3) is 0 Å². The smallest absolute Gasteiger partial charge is 0.274 e. The van der Waals surface area contributed by atoms with Crippen LogP contribution < -0.4 is 5.32 Å². The Labute approximate surface area is 126 Å². The van der Waals surface area contributed by atoms with Crippen molar-refractivity contribution in [1.29, 1.82) is 0 Å². The van der Waals surface area contributed by atoms with E-state index < -0.39 is 4.92 Å². The van der Waals surface area contributed by atoms with Gasteiger partial charge in [0, 0.05) is 22.3 Å². The Morgan fingerprint density at radius 2 is 2.00 bits per heavy atom. The second kappa shape index (κ2) is 6.37. The first-order valence-electron chi connectivity index (χ1n) is 6.25. The standard InChI is InChI=1S/C15H13ClN2O3/c1-10-6-7-12(9-14(10)18(20)21)17-15(19)8-11-4-2-3-5-13(11)16/h2-7,9H,8H2,1H3,(H,17,19). The second-order valence-electron chi connectivity index (χ2n) is 4.57. The Morgan fingerprint density at radius 1 is 1.29 bits per heavy atom. The number of hydrogen-bond donors (Lipinski definition) is 1. The van der Waals surface area contributed by atoms with E-state index in [1.807, 2.05) is 0 Å². The number of carbonyl (C=O) groups excluding carboxylic acids is 1. The SMILES string of the molecule is Cc1ccc(NC(=O)Cc2ccccc2Cl)cc1[N+](=O)[O-]. The maximum Gasteiger partial charge on any atom is 0.274 e. The molecule has 2 rings (SSSR count). The van der Waals surface area contributed by atoms with Gasteiger partial charge in [0.05, 0.1) is 11.3 Å².